The first-order valence-electron chi connectivity index (χ1n) is 8.25. The van der Waals surface area contributed by atoms with Crippen molar-refractivity contribution >= 4 is 56.4 Å². The first kappa shape index (κ1) is 19.8. The molecule has 28 heavy (non-hydrogen) atoms. The van der Waals surface area contributed by atoms with Crippen LogP contribution in [-0.2, 0) is 0 Å². The predicted octanol–water partition coefficient (Wildman–Crippen LogP) is 4.45. The van der Waals surface area contributed by atoms with Crippen molar-refractivity contribution in [3.63, 3.8) is 0 Å². The minimum absolute atomic E-state index is 0.0959. The van der Waals surface area contributed by atoms with E-state index >= 15 is 0 Å². The molecule has 3 rings (SSSR count). The third-order valence-electron chi connectivity index (χ3n) is 3.84. The van der Waals surface area contributed by atoms with E-state index in [9.17, 15) is 9.59 Å². The molecule has 0 unspecified atom stereocenters. The Kier molecular flexibility index (Phi) is 6.23. The topological polar surface area (TPSA) is 74.6 Å². The summed E-state index contributed by atoms with van der Waals surface area (Å²) < 4.78 is 5.63. The summed E-state index contributed by atoms with van der Waals surface area (Å²) in [6.45, 7) is 0. The molecule has 0 aliphatic heterocycles. The predicted molar refractivity (Wildman–Crippen MR) is 116 cm³/mol. The van der Waals surface area contributed by atoms with E-state index in [4.69, 9.17) is 16.6 Å². The van der Waals surface area contributed by atoms with Gasteiger partial charge >= 0.3 is 0 Å². The van der Waals surface area contributed by atoms with Gasteiger partial charge in [-0.3, -0.25) is 14.9 Å². The number of rotatable bonds is 4. The highest BCUT2D eigenvalue weighted by molar-refractivity contribution is 9.10. The third-order valence-corrected chi connectivity index (χ3v) is 4.47. The minimum atomic E-state index is -0.473. The van der Waals surface area contributed by atoms with Crippen molar-refractivity contribution < 1.29 is 14.0 Å². The zero-order valence-corrected chi connectivity index (χ0v) is 17.2. The Morgan fingerprint density at radius 2 is 1.79 bits per heavy atom. The molecule has 2 amide bonds. The van der Waals surface area contributed by atoms with Gasteiger partial charge in [0, 0.05) is 24.0 Å². The Morgan fingerprint density at radius 1 is 1.04 bits per heavy atom. The van der Waals surface area contributed by atoms with Crippen molar-refractivity contribution in [2.24, 2.45) is 0 Å². The number of furan rings is 1. The number of benzene rings is 2. The molecule has 3 aromatic rings. The van der Waals surface area contributed by atoms with Gasteiger partial charge in [-0.05, 0) is 70.6 Å². The fourth-order valence-corrected chi connectivity index (χ4v) is 2.97. The van der Waals surface area contributed by atoms with E-state index in [0.717, 1.165) is 5.69 Å². The molecule has 0 bridgehead atoms. The van der Waals surface area contributed by atoms with Gasteiger partial charge in [0.25, 0.3) is 11.8 Å². The fraction of sp³-hybridized carbons (Fsp3) is 0.0500. The van der Waals surface area contributed by atoms with Gasteiger partial charge in [0.2, 0.25) is 0 Å². The van der Waals surface area contributed by atoms with Crippen molar-refractivity contribution in [2.75, 3.05) is 17.3 Å². The maximum absolute atomic E-state index is 12.7. The Bertz CT molecular complexity index is 1020. The number of thiocarbonyl (C=S) groups is 1. The summed E-state index contributed by atoms with van der Waals surface area (Å²) in [5.74, 6) is -0.506. The molecule has 8 heteroatoms. The first-order chi connectivity index (χ1) is 13.4. The molecule has 0 aliphatic rings. The number of hydrogen-bond donors (Lipinski definition) is 2. The van der Waals surface area contributed by atoms with Gasteiger partial charge < -0.3 is 14.6 Å². The molecule has 0 spiro atoms. The molecule has 0 fully saturated rings. The molecule has 2 aromatic carbocycles. The fourth-order valence-electron chi connectivity index (χ4n) is 2.46. The Morgan fingerprint density at radius 3 is 2.46 bits per heavy atom. The normalized spacial score (nSPS) is 10.2. The van der Waals surface area contributed by atoms with Crippen LogP contribution in [0.25, 0.3) is 0 Å². The largest absolute Gasteiger partial charge is 0.444 e. The number of carbonyl (C=O) groups excluding carboxylic acids is 2. The zero-order valence-electron chi connectivity index (χ0n) is 14.8. The van der Waals surface area contributed by atoms with Crippen LogP contribution in [0.5, 0.6) is 0 Å². The lowest BCUT2D eigenvalue weighted by Gasteiger charge is -2.18. The van der Waals surface area contributed by atoms with Crippen molar-refractivity contribution in [2.45, 2.75) is 0 Å². The van der Waals surface area contributed by atoms with E-state index in [0.29, 0.717) is 15.9 Å². The van der Waals surface area contributed by atoms with Crippen LogP contribution >= 0.6 is 28.1 Å². The molecule has 6 nitrogen and oxygen atoms in total. The molecule has 1 aromatic heterocycles. The average Bonchev–Trinajstić information content (AvgIpc) is 3.14. The quantitative estimate of drug-likeness (QED) is 0.566. The monoisotopic (exact) mass is 457 g/mol. The Balaban J connectivity index is 1.66. The molecule has 0 atom stereocenters. The van der Waals surface area contributed by atoms with Crippen LogP contribution in [0, 0.1) is 0 Å². The summed E-state index contributed by atoms with van der Waals surface area (Å²) >= 11 is 8.30. The second-order valence-corrected chi connectivity index (χ2v) is 6.98. The number of nitrogens with zero attached hydrogens (tertiary/aromatic N) is 1. The zero-order chi connectivity index (χ0) is 20.1. The van der Waals surface area contributed by atoms with Crippen LogP contribution in [0.2, 0.25) is 0 Å². The number of carbonyl (C=O) groups is 2. The molecular weight excluding hydrogens is 442 g/mol. The van der Waals surface area contributed by atoms with Crippen LogP contribution in [0.15, 0.2) is 75.8 Å². The number of anilines is 2. The van der Waals surface area contributed by atoms with Gasteiger partial charge in [-0.2, -0.15) is 0 Å². The van der Waals surface area contributed by atoms with Gasteiger partial charge in [0.15, 0.2) is 15.5 Å². The van der Waals surface area contributed by atoms with Crippen molar-refractivity contribution in [1.29, 1.82) is 0 Å². The van der Waals surface area contributed by atoms with Gasteiger partial charge in [-0.25, -0.2) is 0 Å². The van der Waals surface area contributed by atoms with E-state index < -0.39 is 5.91 Å². The summed E-state index contributed by atoms with van der Waals surface area (Å²) in [4.78, 5) is 26.4. The van der Waals surface area contributed by atoms with Crippen LogP contribution in [0.1, 0.15) is 20.9 Å². The molecule has 1 heterocycles. The number of nitrogens with one attached hydrogen (secondary N) is 2. The lowest BCUT2D eigenvalue weighted by atomic mass is 10.1. The lowest BCUT2D eigenvalue weighted by molar-refractivity contribution is 0.0948. The van der Waals surface area contributed by atoms with Crippen molar-refractivity contribution in [3.05, 3.63) is 82.7 Å². The highest BCUT2D eigenvalue weighted by Crippen LogP contribution is 2.18. The third kappa shape index (κ3) is 4.85. The Hall–Kier alpha value is -2.97. The van der Waals surface area contributed by atoms with E-state index in [2.05, 4.69) is 26.6 Å². The maximum atomic E-state index is 12.7. The molecule has 0 radical (unpaired) electrons. The highest BCUT2D eigenvalue weighted by atomic mass is 79.9. The summed E-state index contributed by atoms with van der Waals surface area (Å²) in [5, 5.41) is 5.52. The summed E-state index contributed by atoms with van der Waals surface area (Å²) in [6, 6.07) is 19.4. The van der Waals surface area contributed by atoms with Crippen LogP contribution in [0.4, 0.5) is 11.4 Å². The number of halogens is 1. The van der Waals surface area contributed by atoms with Gasteiger partial charge in [0.05, 0.1) is 0 Å². The van der Waals surface area contributed by atoms with Gasteiger partial charge in [-0.1, -0.05) is 24.3 Å². The van der Waals surface area contributed by atoms with E-state index in [1.54, 1.807) is 42.3 Å². The van der Waals surface area contributed by atoms with Crippen LogP contribution < -0.4 is 15.5 Å². The first-order valence-corrected chi connectivity index (χ1v) is 9.45. The van der Waals surface area contributed by atoms with Crippen LogP contribution in [0.3, 0.4) is 0 Å². The second-order valence-electron chi connectivity index (χ2n) is 5.79. The molecular formula is C20H16BrN3O3S. The standard InChI is InChI=1S/C20H16BrN3O3S/c1-24(15-8-3-2-4-9-15)19(26)13-6-5-7-14(12-13)22-20(28)23-18(25)16-10-11-17(21)27-16/h2-12H,1H3,(H2,22,23,25,28). The average molecular weight is 458 g/mol. The maximum Gasteiger partial charge on any atom is 0.293 e. The SMILES string of the molecule is CN(C(=O)c1cccc(NC(=S)NC(=O)c2ccc(Br)o2)c1)c1ccccc1. The highest BCUT2D eigenvalue weighted by Gasteiger charge is 2.15. The minimum Gasteiger partial charge on any atom is -0.444 e. The van der Waals surface area contributed by atoms with E-state index in [1.165, 1.54) is 6.07 Å². The van der Waals surface area contributed by atoms with Crippen molar-refractivity contribution in [3.8, 4) is 0 Å². The smallest absolute Gasteiger partial charge is 0.293 e. The number of para-hydroxylation sites is 1. The second kappa shape index (κ2) is 8.81. The molecule has 0 saturated carbocycles. The molecule has 142 valence electrons. The summed E-state index contributed by atoms with van der Waals surface area (Å²) in [5.41, 5.74) is 1.86. The Labute approximate surface area is 175 Å². The molecule has 2 N–H and O–H groups in total. The van der Waals surface area contributed by atoms with E-state index in [-0.39, 0.29) is 16.8 Å². The summed E-state index contributed by atoms with van der Waals surface area (Å²) in [6.07, 6.45) is 0. The lowest BCUT2D eigenvalue weighted by Crippen LogP contribution is -2.34. The number of amides is 2. The molecule has 0 saturated heterocycles. The summed E-state index contributed by atoms with van der Waals surface area (Å²) in [7, 11) is 1.71. The van der Waals surface area contributed by atoms with Crippen LogP contribution in [-0.4, -0.2) is 24.0 Å². The molecule has 0 aliphatic carbocycles. The van der Waals surface area contributed by atoms with Gasteiger partial charge in [0.1, 0.15) is 0 Å². The number of hydrogen-bond acceptors (Lipinski definition) is 4. The van der Waals surface area contributed by atoms with E-state index in [1.807, 2.05) is 30.3 Å². The van der Waals surface area contributed by atoms with Crippen molar-refractivity contribution in [1.82, 2.24) is 5.32 Å². The van der Waals surface area contributed by atoms with Gasteiger partial charge in [-0.15, -0.1) is 0 Å².